The molecule has 1 aromatic heterocycles. The summed E-state index contributed by atoms with van der Waals surface area (Å²) in [5.74, 6) is 1.46. The topological polar surface area (TPSA) is 81.6 Å². The Balaban J connectivity index is 1.46. The molecule has 8 heteroatoms. The van der Waals surface area contributed by atoms with Crippen LogP contribution in [-0.4, -0.2) is 55.6 Å². The van der Waals surface area contributed by atoms with Crippen LogP contribution in [0.4, 0.5) is 5.82 Å². The molecule has 7 nitrogen and oxygen atoms in total. The van der Waals surface area contributed by atoms with E-state index in [1.54, 1.807) is 13.2 Å². The summed E-state index contributed by atoms with van der Waals surface area (Å²) >= 11 is 6.21. The van der Waals surface area contributed by atoms with E-state index in [4.69, 9.17) is 11.6 Å². The number of hydrogen-bond acceptors (Lipinski definition) is 4. The second kappa shape index (κ2) is 7.70. The van der Waals surface area contributed by atoms with Crippen molar-refractivity contribution in [1.29, 1.82) is 0 Å². The average molecular weight is 351 g/mol. The molecule has 1 aliphatic carbocycles. The van der Waals surface area contributed by atoms with E-state index in [0.29, 0.717) is 17.0 Å². The minimum absolute atomic E-state index is 0.00812. The van der Waals surface area contributed by atoms with Crippen molar-refractivity contribution in [2.75, 3.05) is 31.6 Å². The summed E-state index contributed by atoms with van der Waals surface area (Å²) in [4.78, 5) is 22.4. The van der Waals surface area contributed by atoms with E-state index in [0.717, 1.165) is 38.2 Å². The first-order valence-corrected chi connectivity index (χ1v) is 8.65. The fraction of sp³-hybridized carbons (Fsp3) is 0.562. The molecule has 0 aromatic carbocycles. The molecular weight excluding hydrogens is 328 g/mol. The molecule has 2 fully saturated rings. The zero-order valence-corrected chi connectivity index (χ0v) is 14.5. The third kappa shape index (κ3) is 4.50. The van der Waals surface area contributed by atoms with Crippen LogP contribution in [0.25, 0.3) is 0 Å². The molecule has 0 bridgehead atoms. The summed E-state index contributed by atoms with van der Waals surface area (Å²) in [5.41, 5.74) is 0. The van der Waals surface area contributed by atoms with Gasteiger partial charge in [-0.1, -0.05) is 11.6 Å². The van der Waals surface area contributed by atoms with Gasteiger partial charge < -0.3 is 20.9 Å². The van der Waals surface area contributed by atoms with Gasteiger partial charge in [0.1, 0.15) is 5.82 Å². The maximum absolute atomic E-state index is 11.7. The van der Waals surface area contributed by atoms with Crippen molar-refractivity contribution in [2.45, 2.75) is 31.3 Å². The number of nitrogens with one attached hydrogen (secondary N) is 3. The Morgan fingerprint density at radius 1 is 1.38 bits per heavy atom. The van der Waals surface area contributed by atoms with Crippen LogP contribution in [0.3, 0.4) is 0 Å². The monoisotopic (exact) mass is 350 g/mol. The van der Waals surface area contributed by atoms with Crippen LogP contribution in [0.2, 0.25) is 5.02 Å². The van der Waals surface area contributed by atoms with Gasteiger partial charge in [0.2, 0.25) is 5.91 Å². The van der Waals surface area contributed by atoms with E-state index >= 15 is 0 Å². The van der Waals surface area contributed by atoms with Gasteiger partial charge in [-0.15, -0.1) is 0 Å². The molecule has 1 atom stereocenters. The van der Waals surface area contributed by atoms with Crippen LogP contribution < -0.4 is 20.9 Å². The molecule has 1 amide bonds. The number of aromatic nitrogens is 1. The summed E-state index contributed by atoms with van der Waals surface area (Å²) in [6, 6.07) is 4.29. The molecule has 0 spiro atoms. The Bertz CT molecular complexity index is 618. The Morgan fingerprint density at radius 3 is 2.92 bits per heavy atom. The molecule has 1 unspecified atom stereocenters. The third-order valence-corrected chi connectivity index (χ3v) is 4.45. The number of anilines is 1. The van der Waals surface area contributed by atoms with Crippen molar-refractivity contribution >= 4 is 29.3 Å². The lowest BCUT2D eigenvalue weighted by Crippen LogP contribution is -2.47. The summed E-state index contributed by atoms with van der Waals surface area (Å²) in [5, 5.41) is 10.0. The number of pyridine rings is 1. The van der Waals surface area contributed by atoms with Crippen LogP contribution in [-0.2, 0) is 4.79 Å². The molecule has 1 saturated heterocycles. The molecule has 1 aromatic rings. The van der Waals surface area contributed by atoms with Crippen LogP contribution in [0.1, 0.15) is 19.3 Å². The minimum Gasteiger partial charge on any atom is -0.353 e. The second-order valence-electron chi connectivity index (χ2n) is 6.15. The number of carbonyl (C=O) groups excluding carboxylic acids is 1. The number of hydrogen-bond donors (Lipinski definition) is 3. The lowest BCUT2D eigenvalue weighted by atomic mass is 10.3. The first kappa shape index (κ1) is 16.8. The number of nitrogens with zero attached hydrogens (tertiary/aromatic N) is 3. The number of rotatable bonds is 5. The maximum Gasteiger partial charge on any atom is 0.239 e. The number of aliphatic imine (C=N–C) groups is 1. The summed E-state index contributed by atoms with van der Waals surface area (Å²) in [6.45, 7) is 1.91. The highest BCUT2D eigenvalue weighted by Gasteiger charge is 2.26. The van der Waals surface area contributed by atoms with Gasteiger partial charge in [-0.25, -0.2) is 4.98 Å². The van der Waals surface area contributed by atoms with Crippen LogP contribution >= 0.6 is 11.6 Å². The maximum atomic E-state index is 11.7. The average Bonchev–Trinajstić information content (AvgIpc) is 3.27. The number of halogens is 1. The normalized spacial score (nSPS) is 20.8. The zero-order valence-electron chi connectivity index (χ0n) is 13.8. The Morgan fingerprint density at radius 2 is 2.21 bits per heavy atom. The van der Waals surface area contributed by atoms with Gasteiger partial charge in [0.05, 0.1) is 11.6 Å². The Kier molecular flexibility index (Phi) is 5.40. The fourth-order valence-electron chi connectivity index (χ4n) is 2.74. The van der Waals surface area contributed by atoms with Gasteiger partial charge in [-0.3, -0.25) is 9.79 Å². The molecule has 1 aliphatic heterocycles. The Labute approximate surface area is 146 Å². The van der Waals surface area contributed by atoms with Crippen LogP contribution in [0.15, 0.2) is 23.3 Å². The molecule has 3 N–H and O–H groups in total. The largest absolute Gasteiger partial charge is 0.353 e. The van der Waals surface area contributed by atoms with Crippen LogP contribution in [0.5, 0.6) is 0 Å². The molecule has 2 heterocycles. The van der Waals surface area contributed by atoms with E-state index in [2.05, 4.69) is 30.8 Å². The summed E-state index contributed by atoms with van der Waals surface area (Å²) in [7, 11) is 1.70. The predicted molar refractivity (Wildman–Crippen MR) is 95.5 cm³/mol. The highest BCUT2D eigenvalue weighted by atomic mass is 35.5. The van der Waals surface area contributed by atoms with Crippen molar-refractivity contribution in [1.82, 2.24) is 20.9 Å². The molecule has 2 aliphatic rings. The van der Waals surface area contributed by atoms with E-state index in [9.17, 15) is 4.79 Å². The highest BCUT2D eigenvalue weighted by molar-refractivity contribution is 6.32. The lowest BCUT2D eigenvalue weighted by Gasteiger charge is -2.20. The summed E-state index contributed by atoms with van der Waals surface area (Å²) in [6.07, 6.45) is 4.89. The van der Waals surface area contributed by atoms with Crippen molar-refractivity contribution < 1.29 is 4.79 Å². The van der Waals surface area contributed by atoms with Crippen LogP contribution in [0, 0.1) is 0 Å². The minimum atomic E-state index is 0.00812. The summed E-state index contributed by atoms with van der Waals surface area (Å²) < 4.78 is 0. The standard InChI is InChI=1S/C16H23ClN6O/c1-18-16(20-9-14(24)21-11-4-5-11)22-12-6-8-23(10-12)15-13(17)3-2-7-19-15/h2-3,7,11-12H,4-6,8-10H2,1H3,(H,21,24)(H2,18,20,22). The van der Waals surface area contributed by atoms with E-state index in [1.165, 1.54) is 0 Å². The molecule has 3 rings (SSSR count). The Hall–Kier alpha value is -2.02. The van der Waals surface area contributed by atoms with Gasteiger partial charge in [0, 0.05) is 38.4 Å². The zero-order chi connectivity index (χ0) is 16.9. The first-order chi connectivity index (χ1) is 11.7. The van der Waals surface area contributed by atoms with E-state index in [1.807, 2.05) is 12.1 Å². The quantitative estimate of drug-likeness (QED) is 0.539. The number of carbonyl (C=O) groups is 1. The van der Waals surface area contributed by atoms with Crippen molar-refractivity contribution in [3.63, 3.8) is 0 Å². The van der Waals surface area contributed by atoms with Gasteiger partial charge in [0.15, 0.2) is 5.96 Å². The fourth-order valence-corrected chi connectivity index (χ4v) is 2.98. The van der Waals surface area contributed by atoms with E-state index in [-0.39, 0.29) is 18.5 Å². The predicted octanol–water partition coefficient (Wildman–Crippen LogP) is 0.757. The molecule has 130 valence electrons. The third-order valence-electron chi connectivity index (χ3n) is 4.15. The van der Waals surface area contributed by atoms with Crippen molar-refractivity contribution in [2.24, 2.45) is 4.99 Å². The van der Waals surface area contributed by atoms with Gasteiger partial charge in [-0.05, 0) is 31.4 Å². The smallest absolute Gasteiger partial charge is 0.239 e. The lowest BCUT2D eigenvalue weighted by molar-refractivity contribution is -0.120. The molecule has 24 heavy (non-hydrogen) atoms. The van der Waals surface area contributed by atoms with E-state index < -0.39 is 0 Å². The van der Waals surface area contributed by atoms with Gasteiger partial charge in [0.25, 0.3) is 0 Å². The first-order valence-electron chi connectivity index (χ1n) is 8.27. The number of guanidine groups is 1. The van der Waals surface area contributed by atoms with Crippen molar-refractivity contribution in [3.05, 3.63) is 23.4 Å². The van der Waals surface area contributed by atoms with Gasteiger partial charge >= 0.3 is 0 Å². The molecular formula is C16H23ClN6O. The molecule has 1 saturated carbocycles. The van der Waals surface area contributed by atoms with Gasteiger partial charge in [-0.2, -0.15) is 0 Å². The highest BCUT2D eigenvalue weighted by Crippen LogP contribution is 2.25. The van der Waals surface area contributed by atoms with Crippen molar-refractivity contribution in [3.8, 4) is 0 Å². The molecule has 0 radical (unpaired) electrons. The number of amides is 1. The SMILES string of the molecule is CN=C(NCC(=O)NC1CC1)NC1CCN(c2ncccc2Cl)C1. The second-order valence-corrected chi connectivity index (χ2v) is 6.56.